The van der Waals surface area contributed by atoms with Crippen molar-refractivity contribution in [3.63, 3.8) is 0 Å². The van der Waals surface area contributed by atoms with E-state index in [1.165, 1.54) is 13.0 Å². The molecule has 1 unspecified atom stereocenters. The van der Waals surface area contributed by atoms with Crippen molar-refractivity contribution in [2.45, 2.75) is 25.9 Å². The quantitative estimate of drug-likeness (QED) is 0.795. The molecular formula is C12H12F2O4. The normalized spacial score (nSPS) is 12.5. The van der Waals surface area contributed by atoms with Crippen LogP contribution in [0.4, 0.5) is 8.78 Å². The molecule has 0 aliphatic carbocycles. The summed E-state index contributed by atoms with van der Waals surface area (Å²) in [6.45, 7) is 1.47. The van der Waals surface area contributed by atoms with Gasteiger partial charge in [0.2, 0.25) is 0 Å². The van der Waals surface area contributed by atoms with Gasteiger partial charge in [0.05, 0.1) is 0 Å². The van der Waals surface area contributed by atoms with Crippen LogP contribution in [0.2, 0.25) is 0 Å². The summed E-state index contributed by atoms with van der Waals surface area (Å²) in [7, 11) is 0. The molecule has 0 saturated carbocycles. The van der Waals surface area contributed by atoms with Crippen LogP contribution < -0.4 is 0 Å². The van der Waals surface area contributed by atoms with Gasteiger partial charge in [-0.25, -0.2) is 13.6 Å². The number of hydrogen-bond donors (Lipinski definition) is 2. The Hall–Kier alpha value is -1.82. The summed E-state index contributed by atoms with van der Waals surface area (Å²) in [6, 6.07) is 3.40. The van der Waals surface area contributed by atoms with Crippen LogP contribution >= 0.6 is 0 Å². The van der Waals surface area contributed by atoms with Crippen molar-refractivity contribution < 1.29 is 28.6 Å². The molecule has 0 fully saturated rings. The average molecular weight is 258 g/mol. The van der Waals surface area contributed by atoms with Crippen LogP contribution in [-0.2, 0) is 4.79 Å². The molecule has 0 saturated heterocycles. The fourth-order valence-electron chi connectivity index (χ4n) is 1.63. The lowest BCUT2D eigenvalue weighted by Gasteiger charge is -2.15. The summed E-state index contributed by atoms with van der Waals surface area (Å²) in [5, 5.41) is 18.1. The molecule has 1 aromatic carbocycles. The van der Waals surface area contributed by atoms with E-state index < -0.39 is 35.4 Å². The molecule has 1 atom stereocenters. The first-order valence-electron chi connectivity index (χ1n) is 5.25. The van der Waals surface area contributed by atoms with Crippen LogP contribution in [-0.4, -0.2) is 22.0 Å². The van der Waals surface area contributed by atoms with Crippen molar-refractivity contribution in [2.75, 3.05) is 0 Å². The summed E-state index contributed by atoms with van der Waals surface area (Å²) in [4.78, 5) is 22.3. The Labute approximate surface area is 102 Å². The lowest BCUT2D eigenvalue weighted by atomic mass is 9.93. The molecule has 0 aromatic heterocycles. The van der Waals surface area contributed by atoms with Gasteiger partial charge in [0.25, 0.3) is 6.43 Å². The summed E-state index contributed by atoms with van der Waals surface area (Å²) >= 11 is 0. The minimum absolute atomic E-state index is 0.0525. The zero-order valence-corrected chi connectivity index (χ0v) is 9.56. The Kier molecular flexibility index (Phi) is 4.49. The Morgan fingerprint density at radius 3 is 2.28 bits per heavy atom. The van der Waals surface area contributed by atoms with E-state index in [2.05, 4.69) is 0 Å². The van der Waals surface area contributed by atoms with Gasteiger partial charge >= 0.3 is 5.97 Å². The number of aliphatic carboxylic acids is 1. The van der Waals surface area contributed by atoms with Crippen molar-refractivity contribution in [3.05, 3.63) is 34.9 Å². The second-order valence-corrected chi connectivity index (χ2v) is 3.63. The molecule has 0 spiro atoms. The monoisotopic (exact) mass is 258 g/mol. The second-order valence-electron chi connectivity index (χ2n) is 3.63. The van der Waals surface area contributed by atoms with Crippen LogP contribution in [0.25, 0.3) is 0 Å². The number of aliphatic hydroxyl groups excluding tert-OH is 1. The Bertz CT molecular complexity index is 471. The molecule has 98 valence electrons. The van der Waals surface area contributed by atoms with Crippen molar-refractivity contribution >= 4 is 11.8 Å². The number of carboxylic acid groups (broad SMARTS) is 1. The standard InChI is InChI=1S/C12H12F2O4/c1-2-8(15)9-6(10(16)12(17)18)4-3-5-7(9)11(13)14/h3-5,10-11,16H,2H2,1H3,(H,17,18). The van der Waals surface area contributed by atoms with Crippen LogP contribution in [0.3, 0.4) is 0 Å². The van der Waals surface area contributed by atoms with Gasteiger partial charge in [-0.3, -0.25) is 4.79 Å². The third-order valence-corrected chi connectivity index (χ3v) is 2.49. The topological polar surface area (TPSA) is 74.6 Å². The summed E-state index contributed by atoms with van der Waals surface area (Å²) in [5.41, 5.74) is -1.25. The molecular weight excluding hydrogens is 246 g/mol. The Morgan fingerprint density at radius 2 is 1.83 bits per heavy atom. The zero-order chi connectivity index (χ0) is 13.9. The number of carbonyl (C=O) groups excluding carboxylic acids is 1. The Morgan fingerprint density at radius 1 is 1.28 bits per heavy atom. The molecule has 0 heterocycles. The maximum Gasteiger partial charge on any atom is 0.337 e. The minimum atomic E-state index is -2.91. The fraction of sp³-hybridized carbons (Fsp3) is 0.333. The van der Waals surface area contributed by atoms with E-state index in [0.29, 0.717) is 0 Å². The van der Waals surface area contributed by atoms with Gasteiger partial charge in [-0.15, -0.1) is 0 Å². The molecule has 0 bridgehead atoms. The number of hydrogen-bond acceptors (Lipinski definition) is 3. The predicted octanol–water partition coefficient (Wildman–Crippen LogP) is 2.33. The Balaban J connectivity index is 3.46. The number of aliphatic hydroxyl groups is 1. The lowest BCUT2D eigenvalue weighted by molar-refractivity contribution is -0.146. The van der Waals surface area contributed by atoms with Gasteiger partial charge in [0.1, 0.15) is 0 Å². The number of carboxylic acids is 1. The van der Waals surface area contributed by atoms with Crippen LogP contribution in [0.1, 0.15) is 47.4 Å². The first-order valence-corrected chi connectivity index (χ1v) is 5.25. The second kappa shape index (κ2) is 5.68. The number of halogens is 2. The van der Waals surface area contributed by atoms with Gasteiger partial charge < -0.3 is 10.2 Å². The van der Waals surface area contributed by atoms with Crippen LogP contribution in [0.15, 0.2) is 18.2 Å². The van der Waals surface area contributed by atoms with Gasteiger partial charge in [0, 0.05) is 23.1 Å². The molecule has 1 rings (SSSR count). The van der Waals surface area contributed by atoms with E-state index in [9.17, 15) is 23.5 Å². The van der Waals surface area contributed by atoms with E-state index in [-0.39, 0.29) is 12.0 Å². The van der Waals surface area contributed by atoms with E-state index >= 15 is 0 Å². The predicted molar refractivity (Wildman–Crippen MR) is 58.6 cm³/mol. The maximum atomic E-state index is 12.8. The first kappa shape index (κ1) is 14.2. The van der Waals surface area contributed by atoms with E-state index in [1.807, 2.05) is 0 Å². The third kappa shape index (κ3) is 2.70. The molecule has 2 N–H and O–H groups in total. The first-order chi connectivity index (χ1) is 8.40. The van der Waals surface area contributed by atoms with Crippen molar-refractivity contribution in [1.29, 1.82) is 0 Å². The number of Topliss-reactive ketones (excluding diaryl/α,β-unsaturated/α-hetero) is 1. The number of carbonyl (C=O) groups is 2. The molecule has 0 aliphatic rings. The average Bonchev–Trinajstić information content (AvgIpc) is 2.35. The van der Waals surface area contributed by atoms with Crippen molar-refractivity contribution in [3.8, 4) is 0 Å². The van der Waals surface area contributed by atoms with E-state index in [0.717, 1.165) is 12.1 Å². The molecule has 6 heteroatoms. The molecule has 4 nitrogen and oxygen atoms in total. The van der Waals surface area contributed by atoms with Gasteiger partial charge in [-0.2, -0.15) is 0 Å². The van der Waals surface area contributed by atoms with Crippen molar-refractivity contribution in [1.82, 2.24) is 0 Å². The van der Waals surface area contributed by atoms with Crippen LogP contribution in [0, 0.1) is 0 Å². The van der Waals surface area contributed by atoms with Crippen molar-refractivity contribution in [2.24, 2.45) is 0 Å². The zero-order valence-electron chi connectivity index (χ0n) is 9.56. The number of benzene rings is 1. The van der Waals surface area contributed by atoms with Gasteiger partial charge in [-0.05, 0) is 0 Å². The molecule has 1 aromatic rings. The molecule has 18 heavy (non-hydrogen) atoms. The molecule has 0 radical (unpaired) electrons. The molecule has 0 aliphatic heterocycles. The minimum Gasteiger partial charge on any atom is -0.479 e. The number of alkyl halides is 2. The molecule has 0 amide bonds. The SMILES string of the molecule is CCC(=O)c1c(C(F)F)cccc1C(O)C(=O)O. The third-order valence-electron chi connectivity index (χ3n) is 2.49. The highest BCUT2D eigenvalue weighted by Crippen LogP contribution is 2.29. The van der Waals surface area contributed by atoms with Gasteiger partial charge in [0.15, 0.2) is 11.9 Å². The lowest BCUT2D eigenvalue weighted by Crippen LogP contribution is -2.16. The van der Waals surface area contributed by atoms with Crippen LogP contribution in [0.5, 0.6) is 0 Å². The number of rotatable bonds is 5. The fourth-order valence-corrected chi connectivity index (χ4v) is 1.63. The summed E-state index contributed by atoms with van der Waals surface area (Å²) in [5.74, 6) is -2.22. The van der Waals surface area contributed by atoms with E-state index in [4.69, 9.17) is 5.11 Å². The summed E-state index contributed by atoms with van der Waals surface area (Å²) < 4.78 is 25.6. The maximum absolute atomic E-state index is 12.8. The largest absolute Gasteiger partial charge is 0.479 e. The van der Waals surface area contributed by atoms with Gasteiger partial charge in [-0.1, -0.05) is 25.1 Å². The highest BCUT2D eigenvalue weighted by molar-refractivity contribution is 6.00. The number of ketones is 1. The highest BCUT2D eigenvalue weighted by atomic mass is 19.3. The highest BCUT2D eigenvalue weighted by Gasteiger charge is 2.27. The smallest absolute Gasteiger partial charge is 0.337 e. The van der Waals surface area contributed by atoms with E-state index in [1.54, 1.807) is 0 Å². The summed E-state index contributed by atoms with van der Waals surface area (Å²) in [6.07, 6.45) is -4.95.